The molecule has 3 aliphatic rings. The average Bonchev–Trinajstić information content (AvgIpc) is 3.13. The van der Waals surface area contributed by atoms with Gasteiger partial charge in [-0.05, 0) is 37.6 Å². The quantitative estimate of drug-likeness (QED) is 0.726. The van der Waals surface area contributed by atoms with Gasteiger partial charge >= 0.3 is 0 Å². The fourth-order valence-corrected chi connectivity index (χ4v) is 6.13. The summed E-state index contributed by atoms with van der Waals surface area (Å²) >= 11 is 0. The van der Waals surface area contributed by atoms with E-state index in [1.54, 1.807) is 11.0 Å². The Labute approximate surface area is 174 Å². The van der Waals surface area contributed by atoms with Crippen LogP contribution >= 0.6 is 0 Å². The monoisotopic (exact) mass is 432 g/mol. The first-order valence-electron chi connectivity index (χ1n) is 10.2. The lowest BCUT2D eigenvalue weighted by Gasteiger charge is -2.27. The second-order valence-electron chi connectivity index (χ2n) is 7.96. The second-order valence-corrected chi connectivity index (χ2v) is 9.92. The van der Waals surface area contributed by atoms with Gasteiger partial charge in [0.1, 0.15) is 5.75 Å². The molecule has 2 N–H and O–H groups in total. The van der Waals surface area contributed by atoms with E-state index in [0.29, 0.717) is 49.7 Å². The molecule has 4 heterocycles. The van der Waals surface area contributed by atoms with Crippen molar-refractivity contribution in [1.82, 2.24) is 20.0 Å². The molecule has 9 nitrogen and oxygen atoms in total. The van der Waals surface area contributed by atoms with E-state index in [4.69, 9.17) is 9.84 Å². The number of benzene rings is 1. The molecule has 1 aromatic carbocycles. The van der Waals surface area contributed by atoms with Gasteiger partial charge in [0.15, 0.2) is 15.5 Å². The zero-order valence-corrected chi connectivity index (χ0v) is 17.3. The summed E-state index contributed by atoms with van der Waals surface area (Å²) in [5, 5.41) is 17.9. The largest absolute Gasteiger partial charge is 0.508 e. The van der Waals surface area contributed by atoms with Crippen LogP contribution in [-0.4, -0.2) is 73.5 Å². The predicted octanol–water partition coefficient (Wildman–Crippen LogP) is 0.940. The SMILES string of the molecule is O=C(c1nn(C2CCCNC2)c2c1CS(=O)(=O)c1cc(O)ccc1-2)N1CCOCC1. The number of carbonyl (C=O) groups excluding carboxylic acids is 1. The third-order valence-electron chi connectivity index (χ3n) is 6.02. The number of phenolic OH excluding ortho intramolecular Hbond substituents is 1. The van der Waals surface area contributed by atoms with Gasteiger partial charge in [0.05, 0.1) is 35.6 Å². The lowest BCUT2D eigenvalue weighted by molar-refractivity contribution is 0.0297. The molecule has 2 aromatic rings. The third-order valence-corrected chi connectivity index (χ3v) is 7.69. The summed E-state index contributed by atoms with van der Waals surface area (Å²) in [5.41, 5.74) is 1.83. The van der Waals surface area contributed by atoms with Crippen LogP contribution < -0.4 is 5.32 Å². The van der Waals surface area contributed by atoms with Crippen molar-refractivity contribution >= 4 is 15.7 Å². The Balaban J connectivity index is 1.69. The van der Waals surface area contributed by atoms with Crippen molar-refractivity contribution in [3.63, 3.8) is 0 Å². The van der Waals surface area contributed by atoms with E-state index in [1.165, 1.54) is 12.1 Å². The smallest absolute Gasteiger partial charge is 0.274 e. The fourth-order valence-electron chi connectivity index (χ4n) is 4.52. The Morgan fingerprint density at radius 2 is 2.07 bits per heavy atom. The number of aromatic nitrogens is 2. The number of aromatic hydroxyl groups is 1. The van der Waals surface area contributed by atoms with E-state index < -0.39 is 9.84 Å². The maximum absolute atomic E-state index is 13.3. The van der Waals surface area contributed by atoms with Crippen molar-refractivity contribution in [2.24, 2.45) is 0 Å². The van der Waals surface area contributed by atoms with E-state index in [-0.39, 0.29) is 34.0 Å². The Kier molecular flexibility index (Phi) is 4.79. The van der Waals surface area contributed by atoms with Crippen LogP contribution in [0.3, 0.4) is 0 Å². The molecule has 5 rings (SSSR count). The highest BCUT2D eigenvalue weighted by atomic mass is 32.2. The molecule has 2 saturated heterocycles. The number of carbonyl (C=O) groups is 1. The van der Waals surface area contributed by atoms with Crippen LogP contribution in [0.15, 0.2) is 23.1 Å². The summed E-state index contributed by atoms with van der Waals surface area (Å²) < 4.78 is 33.2. The van der Waals surface area contributed by atoms with Crippen molar-refractivity contribution in [3.05, 3.63) is 29.5 Å². The minimum absolute atomic E-state index is 0.0289. The molecule has 1 amide bonds. The first kappa shape index (κ1) is 19.5. The number of sulfone groups is 1. The number of rotatable bonds is 2. The molecule has 1 unspecified atom stereocenters. The molecule has 1 atom stereocenters. The van der Waals surface area contributed by atoms with Crippen molar-refractivity contribution in [3.8, 4) is 17.0 Å². The molecule has 0 bridgehead atoms. The van der Waals surface area contributed by atoms with Crippen LogP contribution in [0.2, 0.25) is 0 Å². The molecule has 10 heteroatoms. The van der Waals surface area contributed by atoms with Crippen molar-refractivity contribution in [2.45, 2.75) is 29.5 Å². The number of nitrogens with zero attached hydrogens (tertiary/aromatic N) is 3. The van der Waals surface area contributed by atoms with E-state index in [9.17, 15) is 18.3 Å². The van der Waals surface area contributed by atoms with Crippen LogP contribution in [-0.2, 0) is 20.3 Å². The number of morpholine rings is 1. The predicted molar refractivity (Wildman–Crippen MR) is 108 cm³/mol. The Morgan fingerprint density at radius 3 is 2.80 bits per heavy atom. The number of fused-ring (bicyclic) bond motifs is 3. The van der Waals surface area contributed by atoms with Gasteiger partial charge < -0.3 is 20.1 Å². The van der Waals surface area contributed by atoms with Crippen LogP contribution in [0.1, 0.15) is 34.9 Å². The van der Waals surface area contributed by atoms with E-state index >= 15 is 0 Å². The van der Waals surface area contributed by atoms with Crippen molar-refractivity contribution in [2.75, 3.05) is 39.4 Å². The highest BCUT2D eigenvalue weighted by Crippen LogP contribution is 2.42. The molecule has 0 saturated carbocycles. The fraction of sp³-hybridized carbons (Fsp3) is 0.500. The lowest BCUT2D eigenvalue weighted by Crippen LogP contribution is -2.41. The first-order chi connectivity index (χ1) is 14.5. The zero-order valence-electron chi connectivity index (χ0n) is 16.5. The molecular formula is C20H24N4O5S. The average molecular weight is 433 g/mol. The van der Waals surface area contributed by atoms with Crippen LogP contribution in [0.25, 0.3) is 11.3 Å². The molecule has 3 aliphatic heterocycles. The van der Waals surface area contributed by atoms with Crippen LogP contribution in [0.4, 0.5) is 0 Å². The van der Waals surface area contributed by atoms with Gasteiger partial charge in [-0.25, -0.2) is 8.42 Å². The molecule has 160 valence electrons. The Hall–Kier alpha value is -2.43. The van der Waals surface area contributed by atoms with Gasteiger partial charge in [0, 0.05) is 30.8 Å². The van der Waals surface area contributed by atoms with Gasteiger partial charge in [-0.1, -0.05) is 0 Å². The molecule has 0 spiro atoms. The molecule has 0 radical (unpaired) electrons. The standard InChI is InChI=1S/C20H24N4O5S/c25-14-3-4-15-17(10-14)30(27,28)12-16-18(20(26)23-6-8-29-9-7-23)22-24(19(15)16)13-2-1-5-21-11-13/h3-4,10,13,21,25H,1-2,5-9,11-12H2. The highest BCUT2D eigenvalue weighted by Gasteiger charge is 2.38. The summed E-state index contributed by atoms with van der Waals surface area (Å²) in [4.78, 5) is 15.1. The van der Waals surface area contributed by atoms with Crippen LogP contribution in [0.5, 0.6) is 5.75 Å². The number of piperidine rings is 1. The normalized spacial score (nSPS) is 22.9. The van der Waals surface area contributed by atoms with Gasteiger partial charge in [-0.15, -0.1) is 0 Å². The molecule has 0 aliphatic carbocycles. The van der Waals surface area contributed by atoms with E-state index in [1.807, 2.05) is 4.68 Å². The number of hydrogen-bond acceptors (Lipinski definition) is 7. The maximum Gasteiger partial charge on any atom is 0.274 e. The molecule has 1 aromatic heterocycles. The summed E-state index contributed by atoms with van der Waals surface area (Å²) in [7, 11) is -3.71. The van der Waals surface area contributed by atoms with Gasteiger partial charge in [-0.3, -0.25) is 9.48 Å². The zero-order chi connectivity index (χ0) is 20.9. The first-order valence-corrected chi connectivity index (χ1v) is 11.9. The topological polar surface area (TPSA) is 114 Å². The number of amides is 1. The number of nitrogens with one attached hydrogen (secondary N) is 1. The number of ether oxygens (including phenoxy) is 1. The third kappa shape index (κ3) is 3.19. The Morgan fingerprint density at radius 1 is 1.27 bits per heavy atom. The summed E-state index contributed by atoms with van der Waals surface area (Å²) in [6, 6.07) is 4.40. The maximum atomic E-state index is 13.3. The minimum atomic E-state index is -3.71. The van der Waals surface area contributed by atoms with Crippen molar-refractivity contribution in [1.29, 1.82) is 0 Å². The van der Waals surface area contributed by atoms with Crippen molar-refractivity contribution < 1.29 is 23.1 Å². The van der Waals surface area contributed by atoms with Gasteiger partial charge in [-0.2, -0.15) is 5.10 Å². The summed E-state index contributed by atoms with van der Waals surface area (Å²) in [5.74, 6) is -0.657. The van der Waals surface area contributed by atoms with E-state index in [0.717, 1.165) is 19.4 Å². The Bertz CT molecular complexity index is 1100. The van der Waals surface area contributed by atoms with Crippen LogP contribution in [0, 0.1) is 0 Å². The summed E-state index contributed by atoms with van der Waals surface area (Å²) in [6.45, 7) is 3.48. The molecule has 2 fully saturated rings. The summed E-state index contributed by atoms with van der Waals surface area (Å²) in [6.07, 6.45) is 1.87. The number of phenols is 1. The molecular weight excluding hydrogens is 408 g/mol. The molecule has 30 heavy (non-hydrogen) atoms. The number of hydrogen-bond donors (Lipinski definition) is 2. The highest BCUT2D eigenvalue weighted by molar-refractivity contribution is 7.90. The minimum Gasteiger partial charge on any atom is -0.508 e. The van der Waals surface area contributed by atoms with Gasteiger partial charge in [0.2, 0.25) is 0 Å². The second kappa shape index (κ2) is 7.36. The lowest BCUT2D eigenvalue weighted by atomic mass is 10.0. The van der Waals surface area contributed by atoms with Gasteiger partial charge in [0.25, 0.3) is 5.91 Å². The van der Waals surface area contributed by atoms with E-state index in [2.05, 4.69) is 5.32 Å².